The first kappa shape index (κ1) is 17.5. The predicted octanol–water partition coefficient (Wildman–Crippen LogP) is 4.83. The summed E-state index contributed by atoms with van der Waals surface area (Å²) in [7, 11) is 0. The van der Waals surface area contributed by atoms with Crippen LogP contribution in [0.4, 0.5) is 0 Å². The predicted molar refractivity (Wildman–Crippen MR) is 109 cm³/mol. The summed E-state index contributed by atoms with van der Waals surface area (Å²) in [4.78, 5) is 14.3. The summed E-state index contributed by atoms with van der Waals surface area (Å²) in [5.41, 5.74) is 2.35. The fourth-order valence-electron chi connectivity index (χ4n) is 3.25. The van der Waals surface area contributed by atoms with Gasteiger partial charge in [-0.3, -0.25) is 4.79 Å². The number of nitrogens with one attached hydrogen (secondary N) is 1. The van der Waals surface area contributed by atoms with Gasteiger partial charge >= 0.3 is 0 Å². The van der Waals surface area contributed by atoms with Gasteiger partial charge < -0.3 is 14.8 Å². The highest BCUT2D eigenvalue weighted by atomic mass is 32.1. The first-order chi connectivity index (χ1) is 13.1. The SMILES string of the molecule is Cc1oc2c(CNCc3cccs3)c(O)ccc2c(=O)c1-c1ccccc1. The van der Waals surface area contributed by atoms with Gasteiger partial charge in [0, 0.05) is 18.0 Å². The molecule has 4 aromatic rings. The zero-order chi connectivity index (χ0) is 18.8. The van der Waals surface area contributed by atoms with Crippen molar-refractivity contribution in [2.75, 3.05) is 0 Å². The molecule has 0 aliphatic heterocycles. The van der Waals surface area contributed by atoms with Crippen molar-refractivity contribution in [2.24, 2.45) is 0 Å². The van der Waals surface area contributed by atoms with Crippen molar-refractivity contribution in [3.05, 3.63) is 86.4 Å². The van der Waals surface area contributed by atoms with Gasteiger partial charge in [0.1, 0.15) is 17.1 Å². The third-order valence-corrected chi connectivity index (χ3v) is 5.43. The van der Waals surface area contributed by atoms with Crippen molar-refractivity contribution in [1.29, 1.82) is 0 Å². The second-order valence-electron chi connectivity index (χ2n) is 6.35. The summed E-state index contributed by atoms with van der Waals surface area (Å²) in [6.07, 6.45) is 0. The quantitative estimate of drug-likeness (QED) is 0.523. The summed E-state index contributed by atoms with van der Waals surface area (Å²) in [5, 5.41) is 16.1. The average molecular weight is 377 g/mol. The Labute approximate surface area is 160 Å². The fourth-order valence-corrected chi connectivity index (χ4v) is 3.92. The van der Waals surface area contributed by atoms with Crippen molar-refractivity contribution in [1.82, 2.24) is 5.32 Å². The average Bonchev–Trinajstić information content (AvgIpc) is 3.18. The molecule has 0 radical (unpaired) electrons. The third kappa shape index (κ3) is 3.39. The number of fused-ring (bicyclic) bond motifs is 1. The standard InChI is InChI=1S/C22H19NO3S/c1-14-20(15-6-3-2-4-7-15)21(25)17-9-10-19(24)18(22(17)26-14)13-23-12-16-8-5-11-27-16/h2-11,23-24H,12-13H2,1H3. The fraction of sp³-hybridized carbons (Fsp3) is 0.136. The van der Waals surface area contributed by atoms with Crippen molar-refractivity contribution in [3.8, 4) is 16.9 Å². The first-order valence-corrected chi connectivity index (χ1v) is 9.60. The van der Waals surface area contributed by atoms with Gasteiger partial charge in [0.25, 0.3) is 0 Å². The van der Waals surface area contributed by atoms with Crippen LogP contribution in [0.15, 0.2) is 69.2 Å². The minimum absolute atomic E-state index is 0.0838. The van der Waals surface area contributed by atoms with Gasteiger partial charge in [-0.05, 0) is 36.1 Å². The lowest BCUT2D eigenvalue weighted by Gasteiger charge is -2.12. The zero-order valence-corrected chi connectivity index (χ0v) is 15.7. The van der Waals surface area contributed by atoms with Crippen molar-refractivity contribution >= 4 is 22.3 Å². The van der Waals surface area contributed by atoms with Gasteiger partial charge in [0.2, 0.25) is 5.43 Å². The minimum Gasteiger partial charge on any atom is -0.507 e. The smallest absolute Gasteiger partial charge is 0.200 e. The van der Waals surface area contributed by atoms with Crippen LogP contribution in [0, 0.1) is 6.92 Å². The molecule has 4 nitrogen and oxygen atoms in total. The molecule has 136 valence electrons. The molecule has 2 aromatic heterocycles. The van der Waals surface area contributed by atoms with E-state index in [1.807, 2.05) is 41.8 Å². The second kappa shape index (κ2) is 7.39. The van der Waals surface area contributed by atoms with E-state index in [2.05, 4.69) is 11.4 Å². The van der Waals surface area contributed by atoms with Crippen LogP contribution in [0.25, 0.3) is 22.1 Å². The highest BCUT2D eigenvalue weighted by Crippen LogP contribution is 2.30. The summed E-state index contributed by atoms with van der Waals surface area (Å²) >= 11 is 1.67. The van der Waals surface area contributed by atoms with E-state index in [-0.39, 0.29) is 11.2 Å². The van der Waals surface area contributed by atoms with Crippen LogP contribution in [0.1, 0.15) is 16.2 Å². The van der Waals surface area contributed by atoms with E-state index in [1.165, 1.54) is 4.88 Å². The minimum atomic E-state index is -0.0838. The lowest BCUT2D eigenvalue weighted by molar-refractivity contribution is 0.461. The number of hydrogen-bond acceptors (Lipinski definition) is 5. The monoisotopic (exact) mass is 377 g/mol. The summed E-state index contributed by atoms with van der Waals surface area (Å²) in [6.45, 7) is 2.89. The molecule has 0 atom stereocenters. The Bertz CT molecular complexity index is 1130. The largest absolute Gasteiger partial charge is 0.507 e. The molecule has 5 heteroatoms. The molecule has 0 bridgehead atoms. The molecular weight excluding hydrogens is 358 g/mol. The van der Waals surface area contributed by atoms with Gasteiger partial charge in [-0.25, -0.2) is 0 Å². The topological polar surface area (TPSA) is 62.5 Å². The van der Waals surface area contributed by atoms with Crippen LogP contribution < -0.4 is 10.7 Å². The number of hydrogen-bond donors (Lipinski definition) is 2. The van der Waals surface area contributed by atoms with Crippen LogP contribution in [-0.4, -0.2) is 5.11 Å². The normalized spacial score (nSPS) is 11.1. The Morgan fingerprint density at radius 2 is 1.85 bits per heavy atom. The maximum Gasteiger partial charge on any atom is 0.200 e. The summed E-state index contributed by atoms with van der Waals surface area (Å²) in [6, 6.07) is 16.8. The van der Waals surface area contributed by atoms with Crippen LogP contribution in [-0.2, 0) is 13.1 Å². The van der Waals surface area contributed by atoms with E-state index in [1.54, 1.807) is 30.4 Å². The highest BCUT2D eigenvalue weighted by Gasteiger charge is 2.17. The molecule has 2 heterocycles. The number of thiophene rings is 1. The maximum atomic E-state index is 13.1. The number of aromatic hydroxyl groups is 1. The first-order valence-electron chi connectivity index (χ1n) is 8.72. The van der Waals surface area contributed by atoms with Crippen LogP contribution in [0.5, 0.6) is 5.75 Å². The van der Waals surface area contributed by atoms with Gasteiger partial charge in [-0.15, -0.1) is 11.3 Å². The Kier molecular flexibility index (Phi) is 4.79. The molecule has 0 saturated carbocycles. The number of phenols is 1. The van der Waals surface area contributed by atoms with Crippen molar-refractivity contribution in [2.45, 2.75) is 20.0 Å². The molecule has 0 amide bonds. The van der Waals surface area contributed by atoms with Gasteiger partial charge in [0.15, 0.2) is 0 Å². The molecular formula is C22H19NO3S. The van der Waals surface area contributed by atoms with Crippen LogP contribution >= 0.6 is 11.3 Å². The second-order valence-corrected chi connectivity index (χ2v) is 7.38. The molecule has 2 aromatic carbocycles. The van der Waals surface area contributed by atoms with Gasteiger partial charge in [-0.1, -0.05) is 36.4 Å². The summed E-state index contributed by atoms with van der Waals surface area (Å²) < 4.78 is 6.03. The molecule has 2 N–H and O–H groups in total. The van der Waals surface area contributed by atoms with E-state index in [4.69, 9.17) is 4.42 Å². The third-order valence-electron chi connectivity index (χ3n) is 4.56. The van der Waals surface area contributed by atoms with Gasteiger partial charge in [0.05, 0.1) is 16.5 Å². The lowest BCUT2D eigenvalue weighted by atomic mass is 10.0. The van der Waals surface area contributed by atoms with E-state index < -0.39 is 0 Å². The molecule has 0 unspecified atom stereocenters. The summed E-state index contributed by atoms with van der Waals surface area (Å²) in [5.74, 6) is 0.667. The Hall–Kier alpha value is -2.89. The van der Waals surface area contributed by atoms with E-state index in [9.17, 15) is 9.90 Å². The van der Waals surface area contributed by atoms with Crippen LogP contribution in [0.3, 0.4) is 0 Å². The molecule has 0 saturated heterocycles. The number of phenolic OH excluding ortho intramolecular Hbond substituents is 1. The number of benzene rings is 2. The zero-order valence-electron chi connectivity index (χ0n) is 14.9. The van der Waals surface area contributed by atoms with Gasteiger partial charge in [-0.2, -0.15) is 0 Å². The van der Waals surface area contributed by atoms with Crippen LogP contribution in [0.2, 0.25) is 0 Å². The number of aryl methyl sites for hydroxylation is 1. The molecule has 0 aliphatic rings. The van der Waals surface area contributed by atoms with Crippen molar-refractivity contribution < 1.29 is 9.52 Å². The van der Waals surface area contributed by atoms with Crippen molar-refractivity contribution in [3.63, 3.8) is 0 Å². The Morgan fingerprint density at radius 3 is 2.59 bits per heavy atom. The number of rotatable bonds is 5. The molecule has 0 spiro atoms. The Morgan fingerprint density at radius 1 is 1.04 bits per heavy atom. The molecule has 27 heavy (non-hydrogen) atoms. The Balaban J connectivity index is 1.76. The maximum absolute atomic E-state index is 13.1. The molecule has 4 rings (SSSR count). The molecule has 0 aliphatic carbocycles. The lowest BCUT2D eigenvalue weighted by Crippen LogP contribution is -2.14. The molecule has 0 fully saturated rings. The highest BCUT2D eigenvalue weighted by molar-refractivity contribution is 7.09. The van der Waals surface area contributed by atoms with E-state index in [0.717, 1.165) is 5.56 Å². The van der Waals surface area contributed by atoms with E-state index >= 15 is 0 Å². The van der Waals surface area contributed by atoms with E-state index in [0.29, 0.717) is 40.9 Å².